The number of hydrogen-bond donors (Lipinski definition) is 0. The van der Waals surface area contributed by atoms with Crippen LogP contribution in [-0.2, 0) is 0 Å². The highest BCUT2D eigenvalue weighted by Gasteiger charge is 2.40. The number of para-hydroxylation sites is 2. The molecule has 3 aromatic heterocycles. The molecule has 10 aromatic rings. The summed E-state index contributed by atoms with van der Waals surface area (Å²) >= 11 is 0. The highest BCUT2D eigenvalue weighted by Crippen LogP contribution is 2.44. The van der Waals surface area contributed by atoms with E-state index in [-0.39, 0.29) is 0 Å². The fraction of sp³-hybridized carbons (Fsp3) is 0.0426. The summed E-state index contributed by atoms with van der Waals surface area (Å²) in [6.07, 6.45) is 0. The quantitative estimate of drug-likeness (QED) is 0.171. The summed E-state index contributed by atoms with van der Waals surface area (Å²) < 4.78 is 13.1. The molecule has 0 spiro atoms. The molecule has 0 unspecified atom stereocenters. The lowest BCUT2D eigenvalue weighted by Crippen LogP contribution is -2.49. The van der Waals surface area contributed by atoms with Crippen LogP contribution >= 0.6 is 0 Å². The van der Waals surface area contributed by atoms with Crippen molar-refractivity contribution in [2.75, 3.05) is 0 Å². The molecule has 0 saturated heterocycles. The van der Waals surface area contributed by atoms with E-state index >= 15 is 0 Å². The maximum Gasteiger partial charge on any atom is 0.164 e. The predicted molar refractivity (Wildman–Crippen MR) is 218 cm³/mol. The summed E-state index contributed by atoms with van der Waals surface area (Å²) in [6, 6.07) is 52.7. The number of hydrogen-bond acceptors (Lipinski definition) is 5. The smallest absolute Gasteiger partial charge is 0.164 e. The van der Waals surface area contributed by atoms with Crippen molar-refractivity contribution in [1.29, 1.82) is 0 Å². The van der Waals surface area contributed by atoms with Gasteiger partial charge in [-0.3, -0.25) is 0 Å². The number of furan rings is 2. The molecule has 11 rings (SSSR count). The third-order valence-corrected chi connectivity index (χ3v) is 14.5. The predicted octanol–water partition coefficient (Wildman–Crippen LogP) is 11.1. The summed E-state index contributed by atoms with van der Waals surface area (Å²) in [5.74, 6) is 1.81. The maximum atomic E-state index is 6.83. The molecule has 250 valence electrons. The molecule has 0 amide bonds. The van der Waals surface area contributed by atoms with Crippen LogP contribution in [0.4, 0.5) is 0 Å². The second-order valence-corrected chi connectivity index (χ2v) is 18.7. The van der Waals surface area contributed by atoms with Crippen molar-refractivity contribution in [1.82, 2.24) is 15.0 Å². The van der Waals surface area contributed by atoms with Crippen molar-refractivity contribution >= 4 is 62.3 Å². The van der Waals surface area contributed by atoms with Crippen LogP contribution in [-0.4, -0.2) is 23.0 Å². The number of rotatable bonds is 4. The Labute approximate surface area is 306 Å². The first-order valence-electron chi connectivity index (χ1n) is 17.9. The Bertz CT molecular complexity index is 3090. The van der Waals surface area contributed by atoms with Crippen molar-refractivity contribution in [3.63, 3.8) is 0 Å². The molecule has 0 bridgehead atoms. The van der Waals surface area contributed by atoms with Gasteiger partial charge >= 0.3 is 0 Å². The zero-order valence-electron chi connectivity index (χ0n) is 29.1. The van der Waals surface area contributed by atoms with Gasteiger partial charge in [0.05, 0.1) is 0 Å². The third kappa shape index (κ3) is 4.46. The van der Waals surface area contributed by atoms with Crippen LogP contribution in [0.15, 0.2) is 160 Å². The maximum absolute atomic E-state index is 6.83. The van der Waals surface area contributed by atoms with Gasteiger partial charge in [-0.15, -0.1) is 0 Å². The van der Waals surface area contributed by atoms with Gasteiger partial charge in [0.2, 0.25) is 0 Å². The van der Waals surface area contributed by atoms with Crippen LogP contribution < -0.4 is 10.4 Å². The fourth-order valence-corrected chi connectivity index (χ4v) is 11.4. The molecule has 4 heterocycles. The van der Waals surface area contributed by atoms with Crippen LogP contribution in [0.2, 0.25) is 13.1 Å². The minimum absolute atomic E-state index is 0.593. The first-order chi connectivity index (χ1) is 26.0. The van der Waals surface area contributed by atoms with E-state index in [4.69, 9.17) is 23.8 Å². The number of nitrogens with zero attached hydrogens (tertiary/aromatic N) is 3. The lowest BCUT2D eigenvalue weighted by molar-refractivity contribution is 0.669. The average molecular weight is 698 g/mol. The van der Waals surface area contributed by atoms with Crippen LogP contribution in [0.5, 0.6) is 0 Å². The van der Waals surface area contributed by atoms with Gasteiger partial charge < -0.3 is 8.83 Å². The van der Waals surface area contributed by atoms with Crippen molar-refractivity contribution in [3.05, 3.63) is 152 Å². The number of aromatic nitrogens is 3. The van der Waals surface area contributed by atoms with Gasteiger partial charge in [-0.1, -0.05) is 140 Å². The zero-order valence-corrected chi connectivity index (χ0v) is 30.1. The molecule has 1 aliphatic rings. The molecule has 5 nitrogen and oxygen atoms in total. The molecule has 0 saturated carbocycles. The summed E-state index contributed by atoms with van der Waals surface area (Å²) in [6.45, 7) is 4.86. The molecule has 6 heteroatoms. The molecule has 0 atom stereocenters. The zero-order chi connectivity index (χ0) is 35.3. The molecule has 0 aliphatic carbocycles. The third-order valence-electron chi connectivity index (χ3n) is 11.0. The standard InChI is InChI=1S/C47H31N3O2Si/c1-53(2)39-22-11-8-17-33(39)43-40(53)27-35(42-32-16-7-10-20-37(32)52-44(42)43)47-49-45(30-25-23-29(24-26-30)28-13-4-3-5-14-28)48-46(50-47)34-18-12-21-38-41(34)31-15-6-9-19-36(31)51-38/h3-27H,1-2H3. The fourth-order valence-electron chi connectivity index (χ4n) is 8.38. The molecule has 0 N–H and O–H groups in total. The molecular formula is C47H31N3O2Si. The Kier molecular flexibility index (Phi) is 6.34. The van der Waals surface area contributed by atoms with Crippen LogP contribution in [0.3, 0.4) is 0 Å². The van der Waals surface area contributed by atoms with Crippen LogP contribution in [0.25, 0.3) is 100 Å². The van der Waals surface area contributed by atoms with E-state index in [1.807, 2.05) is 42.5 Å². The minimum atomic E-state index is -2.11. The second-order valence-electron chi connectivity index (χ2n) is 14.3. The largest absolute Gasteiger partial charge is 0.456 e. The minimum Gasteiger partial charge on any atom is -0.456 e. The lowest BCUT2D eigenvalue weighted by Gasteiger charge is -2.19. The number of fused-ring (bicyclic) bond motifs is 10. The summed E-state index contributed by atoms with van der Waals surface area (Å²) in [7, 11) is -2.11. The van der Waals surface area contributed by atoms with Gasteiger partial charge in [0.25, 0.3) is 0 Å². The van der Waals surface area contributed by atoms with E-state index in [1.165, 1.54) is 21.5 Å². The van der Waals surface area contributed by atoms with Gasteiger partial charge in [-0.25, -0.2) is 15.0 Å². The van der Waals surface area contributed by atoms with Gasteiger partial charge in [0.15, 0.2) is 17.5 Å². The van der Waals surface area contributed by atoms with E-state index in [0.717, 1.165) is 71.7 Å². The van der Waals surface area contributed by atoms with E-state index in [0.29, 0.717) is 17.5 Å². The second kappa shape index (κ2) is 11.2. The molecule has 53 heavy (non-hydrogen) atoms. The van der Waals surface area contributed by atoms with E-state index < -0.39 is 8.07 Å². The summed E-state index contributed by atoms with van der Waals surface area (Å²) in [5, 5.41) is 6.84. The highest BCUT2D eigenvalue weighted by atomic mass is 28.3. The first kappa shape index (κ1) is 30.0. The highest BCUT2D eigenvalue weighted by molar-refractivity contribution is 7.04. The Morgan fingerprint density at radius 2 is 0.981 bits per heavy atom. The normalized spacial score (nSPS) is 13.2. The molecule has 1 aliphatic heterocycles. The van der Waals surface area contributed by atoms with E-state index in [1.54, 1.807) is 0 Å². The first-order valence-corrected chi connectivity index (χ1v) is 20.9. The Morgan fingerprint density at radius 1 is 0.415 bits per heavy atom. The monoisotopic (exact) mass is 697 g/mol. The average Bonchev–Trinajstić information content (AvgIpc) is 3.86. The van der Waals surface area contributed by atoms with Gasteiger partial charge in [-0.2, -0.15) is 0 Å². The van der Waals surface area contributed by atoms with Gasteiger partial charge in [0, 0.05) is 43.8 Å². The van der Waals surface area contributed by atoms with Crippen molar-refractivity contribution < 1.29 is 8.83 Å². The Hall–Kier alpha value is -6.63. The molecule has 0 radical (unpaired) electrons. The lowest BCUT2D eigenvalue weighted by atomic mass is 9.98. The molecular weight excluding hydrogens is 667 g/mol. The van der Waals surface area contributed by atoms with Crippen molar-refractivity contribution in [3.8, 4) is 56.4 Å². The topological polar surface area (TPSA) is 65.0 Å². The van der Waals surface area contributed by atoms with Gasteiger partial charge in [-0.05, 0) is 51.3 Å². The summed E-state index contributed by atoms with van der Waals surface area (Å²) in [4.78, 5) is 15.9. The van der Waals surface area contributed by atoms with E-state index in [2.05, 4.69) is 122 Å². The summed E-state index contributed by atoms with van der Waals surface area (Å²) in [5.41, 5.74) is 10.9. The van der Waals surface area contributed by atoms with E-state index in [9.17, 15) is 0 Å². The van der Waals surface area contributed by atoms with Crippen LogP contribution in [0, 0.1) is 0 Å². The van der Waals surface area contributed by atoms with Crippen LogP contribution in [0.1, 0.15) is 0 Å². The molecule has 7 aromatic carbocycles. The SMILES string of the molecule is C[Si]1(C)c2ccccc2-c2c1cc(-c1nc(-c3ccc(-c4ccccc4)cc3)nc(-c3cccc4oc5ccccc5c34)n1)c1c2oc2ccccc21. The Morgan fingerprint density at radius 3 is 1.77 bits per heavy atom. The Balaban J connectivity index is 1.22. The van der Waals surface area contributed by atoms with Crippen molar-refractivity contribution in [2.24, 2.45) is 0 Å². The van der Waals surface area contributed by atoms with Gasteiger partial charge in [0.1, 0.15) is 30.4 Å². The van der Waals surface area contributed by atoms with Crippen molar-refractivity contribution in [2.45, 2.75) is 13.1 Å². The number of benzene rings is 7. The molecule has 0 fully saturated rings.